The van der Waals surface area contributed by atoms with Crippen LogP contribution in [0.1, 0.15) is 13.8 Å². The Bertz CT molecular complexity index is 169. The Morgan fingerprint density at radius 1 is 1.45 bits per heavy atom. The molecular weight excluding hydrogens is 170 g/mol. The third-order valence-corrected chi connectivity index (χ3v) is 1.26. The standard InChI is InChI=1S/C6H10ClNO3/c1-4(2)8(5(7)9)6(10)11-3/h4H,1-3H3. The second-order valence-corrected chi connectivity index (χ2v) is 2.51. The van der Waals surface area contributed by atoms with Crippen molar-refractivity contribution >= 4 is 23.1 Å². The van der Waals surface area contributed by atoms with Crippen LogP contribution in [0.15, 0.2) is 0 Å². The van der Waals surface area contributed by atoms with Crippen molar-refractivity contribution in [3.63, 3.8) is 0 Å². The Kier molecular flexibility index (Phi) is 3.89. The quantitative estimate of drug-likeness (QED) is 0.456. The monoisotopic (exact) mass is 179 g/mol. The Balaban J connectivity index is 4.34. The first-order valence-electron chi connectivity index (χ1n) is 3.07. The molecule has 0 aliphatic heterocycles. The van der Waals surface area contributed by atoms with Crippen molar-refractivity contribution in [1.82, 2.24) is 4.90 Å². The Morgan fingerprint density at radius 3 is 2.00 bits per heavy atom. The predicted molar refractivity (Wildman–Crippen MR) is 40.6 cm³/mol. The van der Waals surface area contributed by atoms with Gasteiger partial charge in [-0.25, -0.2) is 9.69 Å². The van der Waals surface area contributed by atoms with Crippen molar-refractivity contribution in [2.24, 2.45) is 0 Å². The van der Waals surface area contributed by atoms with Crippen molar-refractivity contribution < 1.29 is 14.3 Å². The van der Waals surface area contributed by atoms with Crippen LogP contribution in [0.2, 0.25) is 0 Å². The number of nitrogens with zero attached hydrogens (tertiary/aromatic N) is 1. The van der Waals surface area contributed by atoms with E-state index in [1.54, 1.807) is 13.8 Å². The number of halogens is 1. The van der Waals surface area contributed by atoms with Crippen LogP contribution in [0, 0.1) is 0 Å². The maximum atomic E-state index is 10.8. The molecule has 11 heavy (non-hydrogen) atoms. The zero-order valence-corrected chi connectivity index (χ0v) is 7.38. The molecule has 0 aromatic rings. The smallest absolute Gasteiger partial charge is 0.417 e. The summed E-state index contributed by atoms with van der Waals surface area (Å²) >= 11 is 5.10. The van der Waals surface area contributed by atoms with Crippen molar-refractivity contribution in [1.29, 1.82) is 0 Å². The molecule has 0 aromatic heterocycles. The molecule has 0 fully saturated rings. The zero-order chi connectivity index (χ0) is 9.02. The molecule has 0 unspecified atom stereocenters. The van der Waals surface area contributed by atoms with Crippen LogP contribution in [0.5, 0.6) is 0 Å². The van der Waals surface area contributed by atoms with Crippen LogP contribution in [0.25, 0.3) is 0 Å². The second-order valence-electron chi connectivity index (χ2n) is 2.19. The summed E-state index contributed by atoms with van der Waals surface area (Å²) in [5.74, 6) is 0. The molecule has 0 aromatic carbocycles. The minimum Gasteiger partial charge on any atom is -0.452 e. The first-order valence-corrected chi connectivity index (χ1v) is 3.45. The van der Waals surface area contributed by atoms with E-state index in [-0.39, 0.29) is 6.04 Å². The summed E-state index contributed by atoms with van der Waals surface area (Å²) in [6.45, 7) is 3.33. The van der Waals surface area contributed by atoms with Gasteiger partial charge in [-0.05, 0) is 25.4 Å². The predicted octanol–water partition coefficient (Wildman–Crippen LogP) is 1.82. The van der Waals surface area contributed by atoms with E-state index in [2.05, 4.69) is 4.74 Å². The lowest BCUT2D eigenvalue weighted by molar-refractivity contribution is 0.127. The van der Waals surface area contributed by atoms with E-state index in [0.717, 1.165) is 4.90 Å². The summed E-state index contributed by atoms with van der Waals surface area (Å²) in [6.07, 6.45) is -0.736. The van der Waals surface area contributed by atoms with Gasteiger partial charge in [0.2, 0.25) is 0 Å². The Labute approximate surface area is 70.1 Å². The number of rotatable bonds is 1. The molecule has 4 nitrogen and oxygen atoms in total. The van der Waals surface area contributed by atoms with Gasteiger partial charge < -0.3 is 4.74 Å². The zero-order valence-electron chi connectivity index (χ0n) is 6.63. The van der Waals surface area contributed by atoms with Gasteiger partial charge in [0, 0.05) is 6.04 Å². The molecular formula is C6H10ClNO3. The Morgan fingerprint density at radius 2 is 1.91 bits per heavy atom. The number of amides is 2. The molecule has 0 spiro atoms. The van der Waals surface area contributed by atoms with Crippen molar-refractivity contribution in [2.75, 3.05) is 7.11 Å². The maximum absolute atomic E-state index is 10.8. The van der Waals surface area contributed by atoms with Gasteiger partial charge in [-0.3, -0.25) is 4.79 Å². The maximum Gasteiger partial charge on any atom is 0.417 e. The largest absolute Gasteiger partial charge is 0.452 e. The Hall–Kier alpha value is -0.770. The normalized spacial score (nSPS) is 9.55. The first kappa shape index (κ1) is 10.2. The fourth-order valence-electron chi connectivity index (χ4n) is 0.584. The number of ether oxygens (including phenoxy) is 1. The lowest BCUT2D eigenvalue weighted by Gasteiger charge is -2.19. The van der Waals surface area contributed by atoms with Crippen LogP contribution in [0.4, 0.5) is 9.59 Å². The molecule has 2 amide bonds. The third-order valence-electron chi connectivity index (χ3n) is 1.08. The molecule has 64 valence electrons. The van der Waals surface area contributed by atoms with Gasteiger partial charge in [0.25, 0.3) is 0 Å². The molecule has 0 rings (SSSR count). The van der Waals surface area contributed by atoms with Gasteiger partial charge >= 0.3 is 11.5 Å². The first-order chi connectivity index (χ1) is 5.00. The molecule has 0 atom stereocenters. The fraction of sp³-hybridized carbons (Fsp3) is 0.667. The van der Waals surface area contributed by atoms with Crippen LogP contribution in [0.3, 0.4) is 0 Å². The SMILES string of the molecule is COC(=O)N(C(=O)Cl)C(C)C. The molecule has 0 bridgehead atoms. The number of carbonyl (C=O) groups is 2. The fourth-order valence-corrected chi connectivity index (χ4v) is 0.848. The van der Waals surface area contributed by atoms with Gasteiger partial charge in [0.05, 0.1) is 7.11 Å². The average molecular weight is 180 g/mol. The highest BCUT2D eigenvalue weighted by atomic mass is 35.5. The van der Waals surface area contributed by atoms with Crippen LogP contribution >= 0.6 is 11.6 Å². The van der Waals surface area contributed by atoms with Gasteiger partial charge in [-0.15, -0.1) is 0 Å². The van der Waals surface area contributed by atoms with E-state index in [1.807, 2.05) is 0 Å². The number of carbonyl (C=O) groups excluding carboxylic acids is 2. The highest BCUT2D eigenvalue weighted by Crippen LogP contribution is 2.04. The molecule has 0 aliphatic carbocycles. The van der Waals surface area contributed by atoms with Crippen LogP contribution in [-0.4, -0.2) is 29.5 Å². The molecule has 0 heterocycles. The summed E-state index contributed by atoms with van der Waals surface area (Å²) in [5.41, 5.74) is 0. The molecule has 0 radical (unpaired) electrons. The molecule has 0 aliphatic rings. The van der Waals surface area contributed by atoms with Crippen molar-refractivity contribution in [3.8, 4) is 0 Å². The summed E-state index contributed by atoms with van der Waals surface area (Å²) in [7, 11) is 1.19. The second kappa shape index (κ2) is 4.18. The van der Waals surface area contributed by atoms with Gasteiger partial charge in [0.15, 0.2) is 0 Å². The lowest BCUT2D eigenvalue weighted by atomic mass is 10.4. The third kappa shape index (κ3) is 2.76. The minimum absolute atomic E-state index is 0.285. The van der Waals surface area contributed by atoms with Crippen LogP contribution < -0.4 is 0 Å². The van der Waals surface area contributed by atoms with E-state index in [4.69, 9.17) is 11.6 Å². The van der Waals surface area contributed by atoms with E-state index < -0.39 is 11.5 Å². The van der Waals surface area contributed by atoms with Crippen molar-refractivity contribution in [3.05, 3.63) is 0 Å². The highest BCUT2D eigenvalue weighted by Gasteiger charge is 2.22. The molecule has 0 saturated heterocycles. The number of methoxy groups -OCH3 is 1. The van der Waals surface area contributed by atoms with Crippen LogP contribution in [-0.2, 0) is 4.74 Å². The molecule has 0 N–H and O–H groups in total. The van der Waals surface area contributed by atoms with Gasteiger partial charge in [-0.2, -0.15) is 0 Å². The highest BCUT2D eigenvalue weighted by molar-refractivity contribution is 6.63. The summed E-state index contributed by atoms with van der Waals surface area (Å²) < 4.78 is 4.32. The van der Waals surface area contributed by atoms with Crippen molar-refractivity contribution in [2.45, 2.75) is 19.9 Å². The lowest BCUT2D eigenvalue weighted by Crippen LogP contribution is -2.38. The van der Waals surface area contributed by atoms with Gasteiger partial charge in [-0.1, -0.05) is 0 Å². The number of imide groups is 1. The summed E-state index contributed by atoms with van der Waals surface area (Å²) in [4.78, 5) is 22.2. The number of hydrogen-bond acceptors (Lipinski definition) is 3. The summed E-state index contributed by atoms with van der Waals surface area (Å²) in [5, 5.41) is -0.827. The van der Waals surface area contributed by atoms with E-state index in [1.165, 1.54) is 7.11 Å². The van der Waals surface area contributed by atoms with E-state index in [9.17, 15) is 9.59 Å². The summed E-state index contributed by atoms with van der Waals surface area (Å²) in [6, 6.07) is -0.285. The topological polar surface area (TPSA) is 46.6 Å². The molecule has 0 saturated carbocycles. The van der Waals surface area contributed by atoms with Gasteiger partial charge in [0.1, 0.15) is 0 Å². The van der Waals surface area contributed by atoms with E-state index >= 15 is 0 Å². The minimum atomic E-state index is -0.827. The number of hydrogen-bond donors (Lipinski definition) is 0. The molecule has 5 heteroatoms. The van der Waals surface area contributed by atoms with E-state index in [0.29, 0.717) is 0 Å². The average Bonchev–Trinajstić information content (AvgIpc) is 1.85.